The Morgan fingerprint density at radius 1 is 0.973 bits per heavy atom. The second kappa shape index (κ2) is 10.7. The first-order chi connectivity index (χ1) is 17.5. The van der Waals surface area contributed by atoms with Gasteiger partial charge in [-0.2, -0.15) is 13.2 Å². The summed E-state index contributed by atoms with van der Waals surface area (Å²) in [7, 11) is 0. The molecular formula is C27H17Cl2F3O5. The standard InChI is InChI=1S/C27H17Cl2F3O5/c1-2-15-3-7-17(8-4-15)36-25-24(34)19-10-9-18(14-22(19)37-26(25)27(30,31)32)35-23(33)12-6-16-5-11-20(28)21(29)13-16/h3-14H,2H2,1H3/b12-6+. The first kappa shape index (κ1) is 26.3. The Labute approximate surface area is 218 Å². The first-order valence-corrected chi connectivity index (χ1v) is 11.6. The zero-order chi connectivity index (χ0) is 26.7. The molecule has 10 heteroatoms. The van der Waals surface area contributed by atoms with E-state index >= 15 is 0 Å². The van der Waals surface area contributed by atoms with Crippen molar-refractivity contribution in [2.75, 3.05) is 0 Å². The van der Waals surface area contributed by atoms with Crippen LogP contribution in [-0.2, 0) is 17.4 Å². The molecule has 3 aromatic carbocycles. The van der Waals surface area contributed by atoms with E-state index in [0.717, 1.165) is 24.1 Å². The van der Waals surface area contributed by atoms with E-state index in [2.05, 4.69) is 0 Å². The zero-order valence-electron chi connectivity index (χ0n) is 19.1. The number of rotatable bonds is 6. The maximum atomic E-state index is 13.8. The number of hydrogen-bond donors (Lipinski definition) is 0. The molecule has 0 radical (unpaired) electrons. The highest BCUT2D eigenvalue weighted by Crippen LogP contribution is 2.38. The third kappa shape index (κ3) is 6.15. The predicted octanol–water partition coefficient (Wildman–Crippen LogP) is 8.09. The molecule has 4 rings (SSSR count). The van der Waals surface area contributed by atoms with Crippen molar-refractivity contribution in [2.24, 2.45) is 0 Å². The van der Waals surface area contributed by atoms with Gasteiger partial charge in [-0.05, 0) is 60.0 Å². The van der Waals surface area contributed by atoms with Gasteiger partial charge in [-0.15, -0.1) is 0 Å². The fourth-order valence-corrected chi connectivity index (χ4v) is 3.65. The van der Waals surface area contributed by atoms with Crippen LogP contribution in [0, 0.1) is 0 Å². The highest BCUT2D eigenvalue weighted by molar-refractivity contribution is 6.42. The van der Waals surface area contributed by atoms with Crippen LogP contribution in [0.25, 0.3) is 17.0 Å². The van der Waals surface area contributed by atoms with E-state index in [1.807, 2.05) is 6.92 Å². The third-order valence-corrected chi connectivity index (χ3v) is 5.94. The monoisotopic (exact) mass is 548 g/mol. The van der Waals surface area contributed by atoms with Crippen molar-refractivity contribution in [1.82, 2.24) is 0 Å². The lowest BCUT2D eigenvalue weighted by atomic mass is 10.1. The minimum Gasteiger partial charge on any atom is -0.449 e. The van der Waals surface area contributed by atoms with Crippen molar-refractivity contribution in [1.29, 1.82) is 0 Å². The van der Waals surface area contributed by atoms with E-state index in [9.17, 15) is 22.8 Å². The Hall–Kier alpha value is -3.75. The van der Waals surface area contributed by atoms with Crippen molar-refractivity contribution in [3.8, 4) is 17.2 Å². The number of carbonyl (C=O) groups is 1. The number of aryl methyl sites for hydroxylation is 1. The van der Waals surface area contributed by atoms with Gasteiger partial charge in [0.25, 0.3) is 5.76 Å². The van der Waals surface area contributed by atoms with Gasteiger partial charge in [0.2, 0.25) is 11.2 Å². The van der Waals surface area contributed by atoms with Crippen LogP contribution in [0.1, 0.15) is 23.8 Å². The van der Waals surface area contributed by atoms with Crippen molar-refractivity contribution in [3.63, 3.8) is 0 Å². The minimum atomic E-state index is -5.03. The minimum absolute atomic E-state index is 0.0497. The molecule has 0 aliphatic rings. The number of benzene rings is 3. The van der Waals surface area contributed by atoms with E-state index in [4.69, 9.17) is 37.1 Å². The molecule has 0 amide bonds. The molecule has 0 bridgehead atoms. The average molecular weight is 549 g/mol. The van der Waals surface area contributed by atoms with Crippen LogP contribution in [0.5, 0.6) is 17.2 Å². The topological polar surface area (TPSA) is 65.7 Å². The van der Waals surface area contributed by atoms with Gasteiger partial charge in [-0.25, -0.2) is 4.79 Å². The van der Waals surface area contributed by atoms with Gasteiger partial charge in [0, 0.05) is 12.1 Å². The van der Waals surface area contributed by atoms with Gasteiger partial charge >= 0.3 is 12.1 Å². The second-order valence-electron chi connectivity index (χ2n) is 7.77. The normalized spacial score (nSPS) is 11.7. The van der Waals surface area contributed by atoms with Gasteiger partial charge in [-0.1, -0.05) is 48.3 Å². The lowest BCUT2D eigenvalue weighted by Gasteiger charge is -2.13. The summed E-state index contributed by atoms with van der Waals surface area (Å²) in [5, 5.41) is 0.461. The lowest BCUT2D eigenvalue weighted by molar-refractivity contribution is -0.154. The Balaban J connectivity index is 1.64. The van der Waals surface area contributed by atoms with E-state index in [1.165, 1.54) is 36.4 Å². The molecule has 1 aromatic heterocycles. The van der Waals surface area contributed by atoms with Crippen LogP contribution in [0.3, 0.4) is 0 Å². The lowest BCUT2D eigenvalue weighted by Crippen LogP contribution is -2.15. The van der Waals surface area contributed by atoms with Crippen molar-refractivity contribution < 1.29 is 31.9 Å². The molecule has 1 heterocycles. The highest BCUT2D eigenvalue weighted by Gasteiger charge is 2.40. The van der Waals surface area contributed by atoms with Gasteiger partial charge in [0.15, 0.2) is 0 Å². The van der Waals surface area contributed by atoms with Crippen LogP contribution in [0.2, 0.25) is 10.0 Å². The Kier molecular flexibility index (Phi) is 7.61. The van der Waals surface area contributed by atoms with E-state index in [0.29, 0.717) is 15.6 Å². The molecule has 190 valence electrons. The largest absolute Gasteiger partial charge is 0.453 e. The summed E-state index contributed by atoms with van der Waals surface area (Å²) in [4.78, 5) is 25.2. The van der Waals surface area contributed by atoms with E-state index in [-0.39, 0.29) is 16.9 Å². The van der Waals surface area contributed by atoms with Gasteiger partial charge in [0.1, 0.15) is 17.1 Å². The van der Waals surface area contributed by atoms with Crippen LogP contribution >= 0.6 is 23.2 Å². The van der Waals surface area contributed by atoms with Crippen LogP contribution in [0.15, 0.2) is 76.0 Å². The van der Waals surface area contributed by atoms with E-state index in [1.54, 1.807) is 24.3 Å². The van der Waals surface area contributed by atoms with E-state index < -0.39 is 34.7 Å². The number of esters is 1. The summed E-state index contributed by atoms with van der Waals surface area (Å²) in [6, 6.07) is 14.5. The predicted molar refractivity (Wildman–Crippen MR) is 135 cm³/mol. The molecule has 37 heavy (non-hydrogen) atoms. The molecule has 0 fully saturated rings. The molecule has 0 aliphatic heterocycles. The summed E-state index contributed by atoms with van der Waals surface area (Å²) in [6.45, 7) is 1.92. The quantitative estimate of drug-likeness (QED) is 0.138. The molecule has 4 aromatic rings. The Morgan fingerprint density at radius 2 is 1.68 bits per heavy atom. The molecule has 0 unspecified atom stereocenters. The highest BCUT2D eigenvalue weighted by atomic mass is 35.5. The number of hydrogen-bond acceptors (Lipinski definition) is 5. The molecule has 0 aliphatic carbocycles. The fraction of sp³-hybridized carbons (Fsp3) is 0.111. The van der Waals surface area contributed by atoms with Gasteiger partial charge in [0.05, 0.1) is 15.4 Å². The first-order valence-electron chi connectivity index (χ1n) is 10.8. The van der Waals surface area contributed by atoms with Crippen molar-refractivity contribution in [2.45, 2.75) is 19.5 Å². The van der Waals surface area contributed by atoms with Crippen molar-refractivity contribution in [3.05, 3.63) is 104 Å². The average Bonchev–Trinajstić information content (AvgIpc) is 2.86. The molecular weight excluding hydrogens is 532 g/mol. The zero-order valence-corrected chi connectivity index (χ0v) is 20.6. The second-order valence-corrected chi connectivity index (χ2v) is 8.59. The van der Waals surface area contributed by atoms with Crippen LogP contribution in [-0.4, -0.2) is 5.97 Å². The van der Waals surface area contributed by atoms with Gasteiger partial charge < -0.3 is 13.9 Å². The van der Waals surface area contributed by atoms with Crippen LogP contribution < -0.4 is 14.9 Å². The molecule has 0 saturated carbocycles. The molecule has 0 saturated heterocycles. The summed E-state index contributed by atoms with van der Waals surface area (Å²) >= 11 is 11.8. The molecule has 0 atom stereocenters. The maximum Gasteiger partial charge on any atom is 0.453 e. The SMILES string of the molecule is CCc1ccc(Oc2c(C(F)(F)F)oc3cc(OC(=O)/C=C/c4ccc(Cl)c(Cl)c4)ccc3c2=O)cc1. The smallest absolute Gasteiger partial charge is 0.449 e. The summed E-state index contributed by atoms with van der Waals surface area (Å²) in [5.41, 5.74) is 0.0701. The summed E-state index contributed by atoms with van der Waals surface area (Å²) < 4.78 is 56.9. The number of carbonyl (C=O) groups excluding carboxylic acids is 1. The van der Waals surface area contributed by atoms with Crippen LogP contribution in [0.4, 0.5) is 13.2 Å². The maximum absolute atomic E-state index is 13.8. The summed E-state index contributed by atoms with van der Waals surface area (Å²) in [6.07, 6.45) is -1.78. The molecule has 5 nitrogen and oxygen atoms in total. The van der Waals surface area contributed by atoms with Gasteiger partial charge in [-0.3, -0.25) is 4.79 Å². The Bertz CT molecular complexity index is 1560. The Morgan fingerprint density at radius 3 is 2.32 bits per heavy atom. The van der Waals surface area contributed by atoms with Crippen molar-refractivity contribution >= 4 is 46.2 Å². The molecule has 0 spiro atoms. The summed E-state index contributed by atoms with van der Waals surface area (Å²) in [5.74, 6) is -3.49. The number of fused-ring (bicyclic) bond motifs is 1. The number of halogens is 5. The number of alkyl halides is 3. The fourth-order valence-electron chi connectivity index (χ4n) is 3.34. The number of ether oxygens (including phenoxy) is 2. The third-order valence-electron chi connectivity index (χ3n) is 5.21. The molecule has 0 N–H and O–H groups in total.